The Balaban J connectivity index is 1.31. The van der Waals surface area contributed by atoms with Crippen LogP contribution in [0, 0.1) is 0 Å². The van der Waals surface area contributed by atoms with E-state index in [0.717, 1.165) is 55.9 Å². The fourth-order valence-electron chi connectivity index (χ4n) is 4.08. The zero-order valence-corrected chi connectivity index (χ0v) is 17.6. The zero-order valence-electron chi connectivity index (χ0n) is 17.6. The number of nitrogens with zero attached hydrogens (tertiary/aromatic N) is 2. The highest BCUT2D eigenvalue weighted by molar-refractivity contribution is 5.88. The zero-order chi connectivity index (χ0) is 21.8. The normalized spacial score (nSPS) is 15.1. The number of aromatic amines is 1. The van der Waals surface area contributed by atoms with Crippen molar-refractivity contribution in [1.82, 2.24) is 14.9 Å². The van der Waals surface area contributed by atoms with Crippen LogP contribution < -0.4 is 15.8 Å². The number of H-pyrrole nitrogens is 1. The third kappa shape index (κ3) is 5.21. The number of fused-ring (bicyclic) bond motifs is 1. The van der Waals surface area contributed by atoms with Crippen LogP contribution in [0.15, 0.2) is 42.5 Å². The summed E-state index contributed by atoms with van der Waals surface area (Å²) in [6.45, 7) is 4.53. The van der Waals surface area contributed by atoms with Gasteiger partial charge < -0.3 is 25.7 Å². The Bertz CT molecular complexity index is 1070. The molecule has 31 heavy (non-hydrogen) atoms. The standard InChI is InChI=1S/C23H27N5O3/c1-15(29)25-18-7-5-16(6-8-18)9-12-28-13-10-17(11-14-28)22-26-19-3-2-4-20(21(19)27-22)31-23(24)30/h2-8,17H,9-14H2,1H3,(H2,24,30)(H,25,29)(H,26,27). The third-order valence-corrected chi connectivity index (χ3v) is 5.67. The summed E-state index contributed by atoms with van der Waals surface area (Å²) in [6.07, 6.45) is 2.18. The molecule has 0 aliphatic carbocycles. The smallest absolute Gasteiger partial charge is 0.408 e. The van der Waals surface area contributed by atoms with E-state index in [-0.39, 0.29) is 5.91 Å². The second kappa shape index (κ2) is 9.18. The molecule has 0 atom stereocenters. The summed E-state index contributed by atoms with van der Waals surface area (Å²) < 4.78 is 5.07. The van der Waals surface area contributed by atoms with Crippen LogP contribution in [0.25, 0.3) is 11.0 Å². The molecule has 4 N–H and O–H groups in total. The molecule has 2 heterocycles. The Labute approximate surface area is 180 Å². The second-order valence-corrected chi connectivity index (χ2v) is 7.94. The maximum atomic E-state index is 11.1. The summed E-state index contributed by atoms with van der Waals surface area (Å²) in [5, 5.41) is 2.79. The van der Waals surface area contributed by atoms with Gasteiger partial charge in [-0.1, -0.05) is 18.2 Å². The van der Waals surface area contributed by atoms with Gasteiger partial charge in [-0.3, -0.25) is 4.79 Å². The fraction of sp³-hybridized carbons (Fsp3) is 0.348. The van der Waals surface area contributed by atoms with E-state index in [2.05, 4.69) is 27.3 Å². The lowest BCUT2D eigenvalue weighted by molar-refractivity contribution is -0.114. The Morgan fingerprint density at radius 3 is 2.61 bits per heavy atom. The van der Waals surface area contributed by atoms with E-state index in [1.165, 1.54) is 12.5 Å². The molecule has 1 aromatic heterocycles. The first kappa shape index (κ1) is 20.9. The number of imidazole rings is 1. The number of nitrogens with two attached hydrogens (primary N) is 1. The van der Waals surface area contributed by atoms with Gasteiger partial charge in [-0.25, -0.2) is 9.78 Å². The Hall–Kier alpha value is -3.39. The fourth-order valence-corrected chi connectivity index (χ4v) is 4.08. The average Bonchev–Trinajstić information content (AvgIpc) is 3.18. The molecule has 0 saturated carbocycles. The number of primary amides is 1. The summed E-state index contributed by atoms with van der Waals surface area (Å²) in [5.41, 5.74) is 8.73. The highest BCUT2D eigenvalue weighted by Gasteiger charge is 2.23. The lowest BCUT2D eigenvalue weighted by Gasteiger charge is -2.31. The molecule has 0 radical (unpaired) electrons. The van der Waals surface area contributed by atoms with Crippen LogP contribution >= 0.6 is 0 Å². The van der Waals surface area contributed by atoms with Crippen molar-refractivity contribution in [2.24, 2.45) is 5.73 Å². The minimum atomic E-state index is -0.838. The topological polar surface area (TPSA) is 113 Å². The maximum Gasteiger partial charge on any atom is 0.410 e. The second-order valence-electron chi connectivity index (χ2n) is 7.94. The van der Waals surface area contributed by atoms with E-state index in [1.807, 2.05) is 24.3 Å². The van der Waals surface area contributed by atoms with Gasteiger partial charge in [0, 0.05) is 25.1 Å². The molecule has 3 aromatic rings. The van der Waals surface area contributed by atoms with Gasteiger partial charge >= 0.3 is 6.09 Å². The molecule has 2 aromatic carbocycles. The number of rotatable bonds is 6. The monoisotopic (exact) mass is 421 g/mol. The minimum Gasteiger partial charge on any atom is -0.408 e. The maximum absolute atomic E-state index is 11.1. The molecule has 8 heteroatoms. The van der Waals surface area contributed by atoms with E-state index in [9.17, 15) is 9.59 Å². The van der Waals surface area contributed by atoms with Crippen molar-refractivity contribution in [3.8, 4) is 5.75 Å². The lowest BCUT2D eigenvalue weighted by atomic mass is 9.96. The molecular weight excluding hydrogens is 394 g/mol. The number of nitrogens with one attached hydrogen (secondary N) is 2. The van der Waals surface area contributed by atoms with Crippen LogP contribution in [-0.2, 0) is 11.2 Å². The number of para-hydroxylation sites is 1. The number of hydrogen-bond donors (Lipinski definition) is 3. The van der Waals surface area contributed by atoms with Gasteiger partial charge in [0.05, 0.1) is 5.52 Å². The van der Waals surface area contributed by atoms with Crippen molar-refractivity contribution in [1.29, 1.82) is 0 Å². The van der Waals surface area contributed by atoms with Gasteiger partial charge in [0.2, 0.25) is 5.91 Å². The van der Waals surface area contributed by atoms with E-state index in [0.29, 0.717) is 17.2 Å². The Morgan fingerprint density at radius 1 is 1.19 bits per heavy atom. The summed E-state index contributed by atoms with van der Waals surface area (Å²) >= 11 is 0. The molecule has 1 aliphatic heterocycles. The number of benzene rings is 2. The van der Waals surface area contributed by atoms with Crippen molar-refractivity contribution < 1.29 is 14.3 Å². The number of aromatic nitrogens is 2. The van der Waals surface area contributed by atoms with Crippen LogP contribution in [0.1, 0.15) is 37.1 Å². The minimum absolute atomic E-state index is 0.0586. The SMILES string of the molecule is CC(=O)Nc1ccc(CCN2CCC(c3nc4c(OC(N)=O)cccc4[nH]3)CC2)cc1. The lowest BCUT2D eigenvalue weighted by Crippen LogP contribution is -2.34. The molecule has 0 spiro atoms. The van der Waals surface area contributed by atoms with Crippen LogP contribution in [0.3, 0.4) is 0 Å². The molecule has 0 unspecified atom stereocenters. The highest BCUT2D eigenvalue weighted by Crippen LogP contribution is 2.30. The number of likely N-dealkylation sites (tertiary alicyclic amines) is 1. The van der Waals surface area contributed by atoms with Gasteiger partial charge in [0.25, 0.3) is 0 Å². The predicted octanol–water partition coefficient (Wildman–Crippen LogP) is 3.40. The molecule has 1 aliphatic rings. The van der Waals surface area contributed by atoms with Gasteiger partial charge in [0.15, 0.2) is 5.75 Å². The number of anilines is 1. The van der Waals surface area contributed by atoms with Crippen molar-refractivity contribution >= 4 is 28.7 Å². The quantitative estimate of drug-likeness (QED) is 0.564. The van der Waals surface area contributed by atoms with Gasteiger partial charge in [-0.15, -0.1) is 0 Å². The van der Waals surface area contributed by atoms with E-state index in [4.69, 9.17) is 15.5 Å². The number of amides is 2. The van der Waals surface area contributed by atoms with Crippen LogP contribution in [-0.4, -0.2) is 46.5 Å². The van der Waals surface area contributed by atoms with E-state index < -0.39 is 6.09 Å². The predicted molar refractivity (Wildman–Crippen MR) is 119 cm³/mol. The molecule has 0 bridgehead atoms. The van der Waals surface area contributed by atoms with Crippen LogP contribution in [0.4, 0.5) is 10.5 Å². The Kier molecular flexibility index (Phi) is 6.18. The molecular formula is C23H27N5O3. The summed E-state index contributed by atoms with van der Waals surface area (Å²) in [6, 6.07) is 13.5. The van der Waals surface area contributed by atoms with E-state index >= 15 is 0 Å². The van der Waals surface area contributed by atoms with Crippen molar-refractivity contribution in [2.75, 3.05) is 25.0 Å². The first-order valence-electron chi connectivity index (χ1n) is 10.5. The van der Waals surface area contributed by atoms with Gasteiger partial charge in [-0.05, 0) is 62.2 Å². The Morgan fingerprint density at radius 2 is 1.94 bits per heavy atom. The molecule has 162 valence electrons. The van der Waals surface area contributed by atoms with E-state index in [1.54, 1.807) is 6.07 Å². The number of carbonyl (C=O) groups is 2. The van der Waals surface area contributed by atoms with Gasteiger partial charge in [0.1, 0.15) is 11.3 Å². The number of carbonyl (C=O) groups excluding carboxylic acids is 2. The number of ether oxygens (including phenoxy) is 1. The molecule has 8 nitrogen and oxygen atoms in total. The largest absolute Gasteiger partial charge is 0.410 e. The molecule has 2 amide bonds. The number of piperidine rings is 1. The van der Waals surface area contributed by atoms with Crippen LogP contribution in [0.5, 0.6) is 5.75 Å². The molecule has 4 rings (SSSR count). The molecule has 1 saturated heterocycles. The molecule has 1 fully saturated rings. The third-order valence-electron chi connectivity index (χ3n) is 5.67. The van der Waals surface area contributed by atoms with Crippen molar-refractivity contribution in [2.45, 2.75) is 32.1 Å². The first-order chi connectivity index (χ1) is 15.0. The highest BCUT2D eigenvalue weighted by atomic mass is 16.5. The summed E-state index contributed by atoms with van der Waals surface area (Å²) in [7, 11) is 0. The number of hydrogen-bond acceptors (Lipinski definition) is 5. The van der Waals surface area contributed by atoms with Gasteiger partial charge in [-0.2, -0.15) is 0 Å². The van der Waals surface area contributed by atoms with Crippen molar-refractivity contribution in [3.63, 3.8) is 0 Å². The first-order valence-corrected chi connectivity index (χ1v) is 10.5. The van der Waals surface area contributed by atoms with Crippen molar-refractivity contribution in [3.05, 3.63) is 53.9 Å². The average molecular weight is 422 g/mol. The summed E-state index contributed by atoms with van der Waals surface area (Å²) in [4.78, 5) is 32.8. The van der Waals surface area contributed by atoms with Crippen LogP contribution in [0.2, 0.25) is 0 Å². The summed E-state index contributed by atoms with van der Waals surface area (Å²) in [5.74, 6) is 1.61.